The van der Waals surface area contributed by atoms with Crippen molar-refractivity contribution in [3.8, 4) is 23.0 Å². The minimum atomic E-state index is -4.70. The molecule has 0 fully saturated rings. The Balaban J connectivity index is 1.05. The second-order valence-corrected chi connectivity index (χ2v) is 31.3. The van der Waals surface area contributed by atoms with Gasteiger partial charge in [-0.15, -0.1) is 0 Å². The monoisotopic (exact) mass is 1240 g/mol. The average molecular weight is 1240 g/mol. The van der Waals surface area contributed by atoms with Gasteiger partial charge in [0.1, 0.15) is 55.8 Å². The summed E-state index contributed by atoms with van der Waals surface area (Å²) in [6.45, 7) is 11.9. The quantitative estimate of drug-likeness (QED) is 0.0671. The number of hydrogen-bond acceptors (Lipinski definition) is 17. The van der Waals surface area contributed by atoms with Gasteiger partial charge in [-0.3, -0.25) is 0 Å². The first-order chi connectivity index (χ1) is 38.8. The summed E-state index contributed by atoms with van der Waals surface area (Å²) < 4.78 is 189. The number of phenolic OH excluding ortho intramolecular Hbond substituents is 2. The van der Waals surface area contributed by atoms with Crippen LogP contribution in [-0.2, 0) is 63.8 Å². The molecule has 8 aromatic carbocycles. The van der Waals surface area contributed by atoms with Crippen LogP contribution in [0.15, 0.2) is 204 Å². The third kappa shape index (κ3) is 12.3. The van der Waals surface area contributed by atoms with Crippen molar-refractivity contribution in [3.05, 3.63) is 190 Å². The molecule has 0 saturated carbocycles. The lowest BCUT2D eigenvalue weighted by atomic mass is 10.2. The molecule has 436 valence electrons. The van der Waals surface area contributed by atoms with Gasteiger partial charge in [-0.1, -0.05) is 48.5 Å². The van der Waals surface area contributed by atoms with Crippen LogP contribution in [0, 0.1) is 55.4 Å². The van der Waals surface area contributed by atoms with E-state index >= 15 is 0 Å². The highest BCUT2D eigenvalue weighted by atomic mass is 32.2. The second-order valence-electron chi connectivity index (χ2n) is 19.9. The van der Waals surface area contributed by atoms with Crippen LogP contribution in [0.4, 0.5) is 0 Å². The Morgan fingerprint density at radius 1 is 0.277 bits per heavy atom. The summed E-state index contributed by atoms with van der Waals surface area (Å²) in [6, 6.07) is 30.5. The number of benzene rings is 8. The number of hydrogen-bond donors (Lipinski definition) is 2. The van der Waals surface area contributed by atoms with Crippen LogP contribution < -0.4 is 9.47 Å². The van der Waals surface area contributed by atoms with Gasteiger partial charge in [-0.05, 0) is 197 Å². The minimum Gasteiger partial charge on any atom is -0.507 e. The van der Waals surface area contributed by atoms with Crippen molar-refractivity contribution in [1.29, 1.82) is 0 Å². The van der Waals surface area contributed by atoms with E-state index in [1.807, 2.05) is 0 Å². The fourth-order valence-corrected chi connectivity index (χ4v) is 18.8. The van der Waals surface area contributed by atoms with Crippen LogP contribution in [0.5, 0.6) is 23.0 Å². The Bertz CT molecular complexity index is 4340. The predicted octanol–water partition coefficient (Wildman–Crippen LogP) is 10.0. The SMILES string of the molecule is Cc1ccc(C)c(S(=O)(=O)c2cc(S(=O)(=O)c3ccc(OCCOCCOc4ccc(S(=O)(=O)c5ccc(O)c(S(=O)(=O)c6cc(C)ccc6C)c5)cc4S(=O)(=O)c4cc(C)ccc4C)c(S(=O)(=O)c4cc(C)ccc4C)c3)ccc2O)c1. The molecule has 0 atom stereocenters. The molecule has 0 aliphatic carbocycles. The van der Waals surface area contributed by atoms with E-state index in [2.05, 4.69) is 0 Å². The number of rotatable bonds is 20. The largest absolute Gasteiger partial charge is 0.507 e. The average Bonchev–Trinajstić information content (AvgIpc) is 2.81. The van der Waals surface area contributed by atoms with Crippen LogP contribution in [-0.4, -0.2) is 87.1 Å². The third-order valence-electron chi connectivity index (χ3n) is 13.6. The van der Waals surface area contributed by atoms with E-state index in [0.717, 1.165) is 72.8 Å². The highest BCUT2D eigenvalue weighted by molar-refractivity contribution is 7.93. The molecule has 8 aromatic rings. The molecule has 23 heteroatoms. The maximum Gasteiger partial charge on any atom is 0.210 e. The van der Waals surface area contributed by atoms with Gasteiger partial charge >= 0.3 is 0 Å². The number of sulfone groups is 6. The van der Waals surface area contributed by atoms with Crippen molar-refractivity contribution in [1.82, 2.24) is 0 Å². The molecule has 0 spiro atoms. The van der Waals surface area contributed by atoms with Gasteiger partial charge in [0.25, 0.3) is 0 Å². The molecule has 17 nitrogen and oxygen atoms in total. The number of ether oxygens (including phenoxy) is 3. The smallest absolute Gasteiger partial charge is 0.210 e. The van der Waals surface area contributed by atoms with Crippen LogP contribution >= 0.6 is 0 Å². The Hall–Kier alpha value is -7.38. The van der Waals surface area contributed by atoms with Crippen molar-refractivity contribution in [2.24, 2.45) is 0 Å². The fraction of sp³-hybridized carbons (Fsp3) is 0.200. The molecule has 0 aromatic heterocycles. The molecule has 83 heavy (non-hydrogen) atoms. The zero-order valence-electron chi connectivity index (χ0n) is 46.2. The summed E-state index contributed by atoms with van der Waals surface area (Å²) in [6.07, 6.45) is 0. The number of aromatic hydroxyl groups is 2. The van der Waals surface area contributed by atoms with Gasteiger partial charge < -0.3 is 24.4 Å². The first-order valence-electron chi connectivity index (χ1n) is 25.4. The van der Waals surface area contributed by atoms with Crippen LogP contribution in [0.1, 0.15) is 44.5 Å². The Morgan fingerprint density at radius 3 is 0.819 bits per heavy atom. The highest BCUT2D eigenvalue weighted by Gasteiger charge is 2.33. The molecular weight excluding hydrogens is 1190 g/mol. The normalized spacial score (nSPS) is 12.5. The third-order valence-corrected chi connectivity index (χ3v) is 24.8. The molecule has 8 rings (SSSR count). The van der Waals surface area contributed by atoms with Gasteiger partial charge in [0.05, 0.1) is 52.4 Å². The maximum absolute atomic E-state index is 14.6. The van der Waals surface area contributed by atoms with E-state index in [1.54, 1.807) is 104 Å². The van der Waals surface area contributed by atoms with Crippen molar-refractivity contribution in [2.75, 3.05) is 26.4 Å². The predicted molar refractivity (Wildman–Crippen MR) is 307 cm³/mol. The summed E-state index contributed by atoms with van der Waals surface area (Å²) in [4.78, 5) is -5.22. The van der Waals surface area contributed by atoms with Crippen molar-refractivity contribution >= 4 is 59.0 Å². The van der Waals surface area contributed by atoms with Crippen LogP contribution in [0.25, 0.3) is 0 Å². The van der Waals surface area contributed by atoms with E-state index in [0.29, 0.717) is 44.5 Å². The Kier molecular flexibility index (Phi) is 17.4. The Labute approximate surface area is 484 Å². The lowest BCUT2D eigenvalue weighted by Gasteiger charge is -2.17. The lowest BCUT2D eigenvalue weighted by molar-refractivity contribution is 0.0750. The van der Waals surface area contributed by atoms with Gasteiger partial charge in [0.15, 0.2) is 0 Å². The standard InChI is InChI=1S/C60H58O17S6/c1-37-9-13-41(5)53(29-37)80(67,68)57-33-45(17-21-49(57)61)78(63,64)47-19-23-51(59(35-47)82(71,72)55-31-39(3)11-15-43(55)7)76-27-25-75-26-28-77-52-24-20-48(36-60(52)83(73,74)56-32-40(4)12-16-44(56)8)79(65,66)46-18-22-50(62)58(34-46)81(69,70)54-30-38(2)10-14-42(54)6/h9-24,29-36,61-62H,25-28H2,1-8H3. The van der Waals surface area contributed by atoms with E-state index in [-0.39, 0.29) is 57.5 Å². The van der Waals surface area contributed by atoms with E-state index < -0.39 is 110 Å². The first-order valence-corrected chi connectivity index (χ1v) is 34.3. The fourth-order valence-electron chi connectivity index (χ4n) is 8.98. The summed E-state index contributed by atoms with van der Waals surface area (Å²) >= 11 is 0. The molecule has 0 radical (unpaired) electrons. The lowest BCUT2D eigenvalue weighted by Crippen LogP contribution is -2.15. The van der Waals surface area contributed by atoms with E-state index in [4.69, 9.17) is 14.2 Å². The first kappa shape index (κ1) is 61.7. The van der Waals surface area contributed by atoms with Gasteiger partial charge in [0.2, 0.25) is 59.0 Å². The maximum atomic E-state index is 14.6. The van der Waals surface area contributed by atoms with Crippen molar-refractivity contribution in [3.63, 3.8) is 0 Å². The van der Waals surface area contributed by atoms with Gasteiger partial charge in [-0.2, -0.15) is 0 Å². The van der Waals surface area contributed by atoms with Gasteiger partial charge in [-0.25, -0.2) is 50.5 Å². The summed E-state index contributed by atoms with van der Waals surface area (Å²) in [5, 5.41) is 21.5. The molecule has 0 aliphatic heterocycles. The van der Waals surface area contributed by atoms with Crippen LogP contribution in [0.2, 0.25) is 0 Å². The molecule has 0 unspecified atom stereocenters. The molecule has 0 aliphatic rings. The molecule has 0 amide bonds. The molecule has 2 N–H and O–H groups in total. The van der Waals surface area contributed by atoms with Gasteiger partial charge in [0, 0.05) is 0 Å². The molecule has 0 saturated heterocycles. The highest BCUT2D eigenvalue weighted by Crippen LogP contribution is 2.40. The topological polar surface area (TPSA) is 273 Å². The van der Waals surface area contributed by atoms with Crippen molar-refractivity contribution in [2.45, 2.75) is 114 Å². The minimum absolute atomic E-state index is 0.143. The number of phenols is 2. The molecular formula is C60H58O17S6. The molecule has 0 bridgehead atoms. The summed E-state index contributed by atoms with van der Waals surface area (Å²) in [7, 11) is -27.4. The number of aryl methyl sites for hydroxylation is 8. The van der Waals surface area contributed by atoms with E-state index in [9.17, 15) is 60.7 Å². The van der Waals surface area contributed by atoms with E-state index in [1.165, 1.54) is 24.3 Å². The zero-order valence-corrected chi connectivity index (χ0v) is 51.1. The van der Waals surface area contributed by atoms with Crippen LogP contribution in [0.3, 0.4) is 0 Å². The Morgan fingerprint density at radius 2 is 0.530 bits per heavy atom. The summed E-state index contributed by atoms with van der Waals surface area (Å²) in [5.74, 6) is -1.94. The molecule has 0 heterocycles. The zero-order chi connectivity index (χ0) is 60.8. The second kappa shape index (κ2) is 23.3. The summed E-state index contributed by atoms with van der Waals surface area (Å²) in [5.41, 5.74) is 3.76. The van der Waals surface area contributed by atoms with Crippen molar-refractivity contribution < 1.29 is 74.9 Å².